The molecule has 69 heavy (non-hydrogen) atoms. The molecule has 0 saturated carbocycles. The summed E-state index contributed by atoms with van der Waals surface area (Å²) in [5.74, 6) is 1.50. The maximum Gasteiger partial charge on any atom is 0.138 e. The number of ether oxygens (including phenoxy) is 1. The van der Waals surface area contributed by atoms with Crippen LogP contribution in [0.4, 0.5) is 11.4 Å². The van der Waals surface area contributed by atoms with Crippen LogP contribution in [0.25, 0.3) is 49.9 Å². The monoisotopic (exact) mass is 921 g/mol. The Bertz CT molecular complexity index is 3630. The highest BCUT2D eigenvalue weighted by Gasteiger charge is 2.26. The van der Waals surface area contributed by atoms with Crippen molar-refractivity contribution < 1.29 is 15.7 Å². The fourth-order valence-corrected chi connectivity index (χ4v) is 9.50. The van der Waals surface area contributed by atoms with E-state index in [0.717, 1.165) is 66.4 Å². The molecule has 354 valence electrons. The van der Waals surface area contributed by atoms with E-state index in [0.29, 0.717) is 45.3 Å². The molecule has 9 rings (SSSR count). The van der Waals surface area contributed by atoms with Gasteiger partial charge in [0.25, 0.3) is 0 Å². The number of hydrogen-bond acceptors (Lipinski definition) is 4. The fourth-order valence-electron chi connectivity index (χ4n) is 9.50. The van der Waals surface area contributed by atoms with Gasteiger partial charge in [0.05, 0.1) is 20.4 Å². The highest BCUT2D eigenvalue weighted by Crippen LogP contribution is 2.42. The van der Waals surface area contributed by atoms with Gasteiger partial charge in [-0.1, -0.05) is 132 Å². The number of aromatic nitrogens is 2. The predicted molar refractivity (Wildman–Crippen MR) is 295 cm³/mol. The molecule has 6 aromatic carbocycles. The van der Waals surface area contributed by atoms with Crippen LogP contribution in [-0.4, -0.2) is 16.2 Å². The van der Waals surface area contributed by atoms with Crippen LogP contribution in [0.2, 0.25) is 0 Å². The van der Waals surface area contributed by atoms with Gasteiger partial charge in [0, 0.05) is 61.1 Å². The van der Waals surface area contributed by atoms with Crippen molar-refractivity contribution in [3.8, 4) is 39.6 Å². The van der Waals surface area contributed by atoms with Crippen LogP contribution in [0.5, 0.6) is 11.5 Å². The Balaban J connectivity index is 1.21. The molecular weight excluding hydrogens is 841 g/mol. The maximum atomic E-state index is 9.53. The van der Waals surface area contributed by atoms with Gasteiger partial charge in [-0.15, -0.1) is 0 Å². The summed E-state index contributed by atoms with van der Waals surface area (Å²) in [5.41, 5.74) is 11.0. The SMILES string of the molecule is [2H]C1=C([2H])N(c2cc(C(C)(C)C)cc(C(C)(C)C)c2)CN1c1cc(Oc2ccc3c4ccccc4n(-c4cc(-c5c(C)cc(C(C)(C)C)cc5C([2H])([2H])[2H])ccn4)c3c2)cc(-c2c(C)cc(C(C)(C)C)cc2C([2H])([2H])[2H])c1. The molecule has 8 aromatic rings. The minimum absolute atomic E-state index is 0.00517. The van der Waals surface area contributed by atoms with E-state index in [1.54, 1.807) is 17.2 Å². The van der Waals surface area contributed by atoms with Crippen molar-refractivity contribution in [2.75, 3.05) is 16.5 Å². The van der Waals surface area contributed by atoms with Crippen molar-refractivity contribution in [2.24, 2.45) is 0 Å². The van der Waals surface area contributed by atoms with Gasteiger partial charge < -0.3 is 14.5 Å². The first kappa shape index (κ1) is 38.3. The zero-order chi connectivity index (χ0) is 56.3. The summed E-state index contributed by atoms with van der Waals surface area (Å²) in [6.07, 6.45) is 1.76. The third-order valence-electron chi connectivity index (χ3n) is 13.6. The van der Waals surface area contributed by atoms with Gasteiger partial charge in [-0.3, -0.25) is 4.57 Å². The summed E-state index contributed by atoms with van der Waals surface area (Å²) in [4.78, 5) is 8.56. The van der Waals surface area contributed by atoms with Crippen LogP contribution in [0.15, 0.2) is 134 Å². The lowest BCUT2D eigenvalue weighted by atomic mass is 9.80. The van der Waals surface area contributed by atoms with E-state index in [9.17, 15) is 2.74 Å². The summed E-state index contributed by atoms with van der Waals surface area (Å²) < 4.78 is 80.5. The van der Waals surface area contributed by atoms with Crippen LogP contribution < -0.4 is 14.5 Å². The topological polar surface area (TPSA) is 33.5 Å². The molecule has 0 atom stereocenters. The zero-order valence-corrected chi connectivity index (χ0v) is 43.0. The van der Waals surface area contributed by atoms with E-state index in [4.69, 9.17) is 17.9 Å². The number of fused-ring (bicyclic) bond motifs is 3. The minimum Gasteiger partial charge on any atom is -0.457 e. The Morgan fingerprint density at radius 1 is 0.493 bits per heavy atom. The van der Waals surface area contributed by atoms with E-state index in [-0.39, 0.29) is 46.2 Å². The lowest BCUT2D eigenvalue weighted by molar-refractivity contribution is 0.483. The van der Waals surface area contributed by atoms with E-state index in [2.05, 4.69) is 124 Å². The van der Waals surface area contributed by atoms with Crippen molar-refractivity contribution in [3.05, 3.63) is 178 Å². The van der Waals surface area contributed by atoms with Crippen LogP contribution in [0.3, 0.4) is 0 Å². The number of hydrogen-bond donors (Lipinski definition) is 0. The molecule has 0 aliphatic carbocycles. The van der Waals surface area contributed by atoms with Gasteiger partial charge in [-0.25, -0.2) is 4.98 Å². The number of rotatable bonds is 7. The molecule has 0 fully saturated rings. The number of nitrogens with zero attached hydrogens (tertiary/aromatic N) is 4. The van der Waals surface area contributed by atoms with Gasteiger partial charge in [0.2, 0.25) is 0 Å². The molecule has 5 nitrogen and oxygen atoms in total. The average molecular weight is 921 g/mol. The summed E-state index contributed by atoms with van der Waals surface area (Å²) in [5, 5.41) is 1.95. The van der Waals surface area contributed by atoms with Gasteiger partial charge in [0.15, 0.2) is 0 Å². The third-order valence-corrected chi connectivity index (χ3v) is 13.6. The molecule has 0 radical (unpaired) electrons. The fraction of sp³-hybridized carbons (Fsp3) is 0.328. The molecular formula is C64H72N4O. The summed E-state index contributed by atoms with van der Waals surface area (Å²) in [6.45, 7) is 24.8. The number of para-hydroxylation sites is 1. The van der Waals surface area contributed by atoms with Gasteiger partial charge in [0.1, 0.15) is 17.3 Å². The lowest BCUT2D eigenvalue weighted by Gasteiger charge is -2.29. The van der Waals surface area contributed by atoms with Gasteiger partial charge >= 0.3 is 0 Å². The molecule has 1 aliphatic heterocycles. The Morgan fingerprint density at radius 2 is 1.01 bits per heavy atom. The lowest BCUT2D eigenvalue weighted by Crippen LogP contribution is -2.26. The second-order valence-electron chi connectivity index (χ2n) is 23.2. The summed E-state index contributed by atoms with van der Waals surface area (Å²) in [7, 11) is 0. The van der Waals surface area contributed by atoms with Gasteiger partial charge in [-0.05, 0) is 171 Å². The first-order valence-corrected chi connectivity index (χ1v) is 24.1. The van der Waals surface area contributed by atoms with Crippen LogP contribution >= 0.6 is 0 Å². The summed E-state index contributed by atoms with van der Waals surface area (Å²) in [6, 6.07) is 37.7. The molecule has 0 bridgehead atoms. The van der Waals surface area contributed by atoms with Crippen molar-refractivity contribution in [1.82, 2.24) is 9.55 Å². The Kier molecular flexibility index (Phi) is 9.50. The number of benzene rings is 6. The van der Waals surface area contributed by atoms with E-state index in [1.165, 1.54) is 0 Å². The molecule has 0 saturated heterocycles. The standard InChI is InChI=1S/C64H72N4O/c1-40-27-46(61(5,6)7)28-41(2)59(40)44-23-24-65-58(33-44)68-56-20-18-17-19-54(56)55-22-21-52(38-57(55)68)69-53-32-45(60-42(3)29-47(30-43(60)4)62(8,9)10)31-50(37-53)66-25-26-67(39-66)51-35-48(63(11,12)13)34-49(36-51)64(14,15)16/h17-38H,39H2,1-16H3/i1D3,3D3,25D,26D. The second-order valence-corrected chi connectivity index (χ2v) is 23.2. The molecule has 5 heteroatoms. The Labute approximate surface area is 423 Å². The molecule has 0 amide bonds. The number of aryl methyl sites for hydroxylation is 4. The van der Waals surface area contributed by atoms with Crippen molar-refractivity contribution in [1.29, 1.82) is 0 Å². The van der Waals surface area contributed by atoms with E-state index < -0.39 is 13.7 Å². The normalized spacial score (nSPS) is 16.0. The smallest absolute Gasteiger partial charge is 0.138 e. The zero-order valence-electron chi connectivity index (χ0n) is 51.0. The first-order valence-electron chi connectivity index (χ1n) is 28.1. The third kappa shape index (κ3) is 9.33. The largest absolute Gasteiger partial charge is 0.457 e. The van der Waals surface area contributed by atoms with E-state index in [1.807, 2.05) is 91.5 Å². The average Bonchev–Trinajstić information content (AvgIpc) is 3.82. The van der Waals surface area contributed by atoms with E-state index >= 15 is 0 Å². The number of anilines is 2. The highest BCUT2D eigenvalue weighted by atomic mass is 16.5. The minimum atomic E-state index is -2.47. The second kappa shape index (κ2) is 17.1. The van der Waals surface area contributed by atoms with Crippen molar-refractivity contribution in [3.63, 3.8) is 0 Å². The van der Waals surface area contributed by atoms with Crippen molar-refractivity contribution >= 4 is 33.2 Å². The first-order chi connectivity index (χ1) is 35.6. The quantitative estimate of drug-likeness (QED) is 0.159. The molecule has 2 aromatic heterocycles. The van der Waals surface area contributed by atoms with Crippen LogP contribution in [0.1, 0.15) is 139 Å². The molecule has 1 aliphatic rings. The molecule has 0 spiro atoms. The maximum absolute atomic E-state index is 9.53. The Morgan fingerprint density at radius 3 is 1.59 bits per heavy atom. The molecule has 0 unspecified atom stereocenters. The van der Waals surface area contributed by atoms with Crippen molar-refractivity contribution in [2.45, 2.75) is 132 Å². The number of pyridine rings is 1. The predicted octanol–water partition coefficient (Wildman–Crippen LogP) is 17.5. The Hall–Kier alpha value is -6.59. The van der Waals surface area contributed by atoms with Crippen LogP contribution in [-0.2, 0) is 21.7 Å². The van der Waals surface area contributed by atoms with Crippen LogP contribution in [0, 0.1) is 27.6 Å². The molecule has 3 heterocycles. The highest BCUT2D eigenvalue weighted by molar-refractivity contribution is 6.09. The molecule has 0 N–H and O–H groups in total. The van der Waals surface area contributed by atoms with Gasteiger partial charge in [-0.2, -0.15) is 0 Å². The summed E-state index contributed by atoms with van der Waals surface area (Å²) >= 11 is 0.